The van der Waals surface area contributed by atoms with Gasteiger partial charge >= 0.3 is 0 Å². The Kier molecular flexibility index (Phi) is 4.95. The number of halogens is 1. The van der Waals surface area contributed by atoms with Gasteiger partial charge in [0.15, 0.2) is 0 Å². The maximum Gasteiger partial charge on any atom is 0.258 e. The average molecular weight is 280 g/mol. The minimum Gasteiger partial charge on any atom is -0.496 e. The van der Waals surface area contributed by atoms with Gasteiger partial charge in [-0.3, -0.25) is 4.79 Å². The van der Waals surface area contributed by atoms with E-state index in [1.54, 1.807) is 6.07 Å². The molecule has 4 nitrogen and oxygen atoms in total. The molecule has 20 heavy (non-hydrogen) atoms. The summed E-state index contributed by atoms with van der Waals surface area (Å²) in [5, 5.41) is 6.18. The van der Waals surface area contributed by atoms with E-state index in [4.69, 9.17) is 4.74 Å². The van der Waals surface area contributed by atoms with Crippen LogP contribution >= 0.6 is 0 Å². The van der Waals surface area contributed by atoms with E-state index in [-0.39, 0.29) is 11.3 Å². The largest absolute Gasteiger partial charge is 0.496 e. The quantitative estimate of drug-likeness (QED) is 0.886. The van der Waals surface area contributed by atoms with Crippen LogP contribution in [0.4, 0.5) is 4.39 Å². The lowest BCUT2D eigenvalue weighted by Gasteiger charge is -2.27. The van der Waals surface area contributed by atoms with Crippen molar-refractivity contribution in [2.75, 3.05) is 20.2 Å². The molecular formula is C15H21FN2O2. The van der Waals surface area contributed by atoms with Crippen LogP contribution in [0, 0.1) is 11.7 Å². The number of benzene rings is 1. The second-order valence-corrected chi connectivity index (χ2v) is 5.28. The normalized spacial score (nSPS) is 22.4. The molecule has 1 fully saturated rings. The minimum absolute atomic E-state index is 0.0212. The maximum atomic E-state index is 13.8. The van der Waals surface area contributed by atoms with Crippen molar-refractivity contribution in [2.24, 2.45) is 5.92 Å². The van der Waals surface area contributed by atoms with Crippen LogP contribution in [0.1, 0.15) is 30.1 Å². The lowest BCUT2D eigenvalue weighted by atomic mass is 9.95. The predicted molar refractivity (Wildman–Crippen MR) is 75.5 cm³/mol. The monoisotopic (exact) mass is 280 g/mol. The summed E-state index contributed by atoms with van der Waals surface area (Å²) in [6, 6.07) is 4.91. The van der Waals surface area contributed by atoms with Crippen LogP contribution in [-0.4, -0.2) is 32.1 Å². The summed E-state index contributed by atoms with van der Waals surface area (Å²) >= 11 is 0. The molecule has 2 unspecified atom stereocenters. The lowest BCUT2D eigenvalue weighted by molar-refractivity contribution is 0.0936. The summed E-state index contributed by atoms with van der Waals surface area (Å²) in [6.45, 7) is 3.59. The SMILES string of the molecule is COc1cccc(F)c1C(=O)NCC1CCC(C)NC1. The number of rotatable bonds is 4. The van der Waals surface area contributed by atoms with Crippen molar-refractivity contribution < 1.29 is 13.9 Å². The van der Waals surface area contributed by atoms with Crippen molar-refractivity contribution >= 4 is 5.91 Å². The molecule has 110 valence electrons. The molecule has 0 aliphatic carbocycles. The number of hydrogen-bond acceptors (Lipinski definition) is 3. The Balaban J connectivity index is 1.95. The molecule has 5 heteroatoms. The van der Waals surface area contributed by atoms with Crippen LogP contribution in [0.25, 0.3) is 0 Å². The number of hydrogen-bond donors (Lipinski definition) is 2. The zero-order chi connectivity index (χ0) is 14.5. The zero-order valence-electron chi connectivity index (χ0n) is 11.9. The first-order chi connectivity index (χ1) is 9.61. The van der Waals surface area contributed by atoms with Crippen molar-refractivity contribution in [1.29, 1.82) is 0 Å². The number of piperidine rings is 1. The Labute approximate surface area is 118 Å². The smallest absolute Gasteiger partial charge is 0.258 e. The molecule has 0 spiro atoms. The van der Waals surface area contributed by atoms with Gasteiger partial charge in [0.1, 0.15) is 17.1 Å². The van der Waals surface area contributed by atoms with Crippen LogP contribution < -0.4 is 15.4 Å². The molecule has 1 aliphatic heterocycles. The van der Waals surface area contributed by atoms with Gasteiger partial charge in [-0.25, -0.2) is 4.39 Å². The van der Waals surface area contributed by atoms with Crippen LogP contribution in [0.3, 0.4) is 0 Å². The molecule has 1 aromatic rings. The Morgan fingerprint density at radius 1 is 1.50 bits per heavy atom. The van der Waals surface area contributed by atoms with Gasteiger partial charge in [0.2, 0.25) is 0 Å². The summed E-state index contributed by atoms with van der Waals surface area (Å²) in [5.41, 5.74) is -0.0212. The highest BCUT2D eigenvalue weighted by Gasteiger charge is 2.21. The highest BCUT2D eigenvalue weighted by molar-refractivity contribution is 5.97. The molecule has 1 saturated heterocycles. The highest BCUT2D eigenvalue weighted by Crippen LogP contribution is 2.21. The molecule has 1 aliphatic rings. The molecule has 0 aromatic heterocycles. The second-order valence-electron chi connectivity index (χ2n) is 5.28. The van der Waals surface area contributed by atoms with Crippen LogP contribution in [0.5, 0.6) is 5.75 Å². The zero-order valence-corrected chi connectivity index (χ0v) is 11.9. The fourth-order valence-electron chi connectivity index (χ4n) is 2.45. The van der Waals surface area contributed by atoms with Gasteiger partial charge in [0.05, 0.1) is 7.11 Å². The Morgan fingerprint density at radius 3 is 2.95 bits per heavy atom. The average Bonchev–Trinajstić information content (AvgIpc) is 2.46. The maximum absolute atomic E-state index is 13.8. The number of amides is 1. The third kappa shape index (κ3) is 3.48. The van der Waals surface area contributed by atoms with Gasteiger partial charge in [-0.15, -0.1) is 0 Å². The predicted octanol–water partition coefficient (Wildman–Crippen LogP) is 1.95. The summed E-state index contributed by atoms with van der Waals surface area (Å²) in [5.74, 6) is -0.318. The van der Waals surface area contributed by atoms with Crippen LogP contribution in [0.2, 0.25) is 0 Å². The van der Waals surface area contributed by atoms with E-state index in [1.165, 1.54) is 19.2 Å². The first kappa shape index (κ1) is 14.8. The molecule has 0 radical (unpaired) electrons. The summed E-state index contributed by atoms with van der Waals surface area (Å²) in [4.78, 5) is 12.1. The molecule has 1 aromatic carbocycles. The Bertz CT molecular complexity index is 471. The standard InChI is InChI=1S/C15H21FN2O2/c1-10-6-7-11(8-17-10)9-18-15(19)14-12(16)4-3-5-13(14)20-2/h3-5,10-11,17H,6-9H2,1-2H3,(H,18,19). The summed E-state index contributed by atoms with van der Waals surface area (Å²) in [6.07, 6.45) is 2.17. The van der Waals surface area contributed by atoms with E-state index >= 15 is 0 Å². The first-order valence-corrected chi connectivity index (χ1v) is 6.96. The number of ether oxygens (including phenoxy) is 1. The number of carbonyl (C=O) groups excluding carboxylic acids is 1. The summed E-state index contributed by atoms with van der Waals surface area (Å²) < 4.78 is 18.8. The molecule has 0 saturated carbocycles. The molecule has 0 bridgehead atoms. The Hall–Kier alpha value is -1.62. The third-order valence-corrected chi connectivity index (χ3v) is 3.74. The molecule has 2 rings (SSSR count). The van der Waals surface area contributed by atoms with Crippen LogP contribution in [0.15, 0.2) is 18.2 Å². The van der Waals surface area contributed by atoms with E-state index in [0.717, 1.165) is 19.4 Å². The fourth-order valence-corrected chi connectivity index (χ4v) is 2.45. The van der Waals surface area contributed by atoms with E-state index < -0.39 is 11.7 Å². The van der Waals surface area contributed by atoms with Gasteiger partial charge in [-0.05, 0) is 44.4 Å². The number of methoxy groups -OCH3 is 1. The highest BCUT2D eigenvalue weighted by atomic mass is 19.1. The van der Waals surface area contributed by atoms with Crippen molar-refractivity contribution in [3.63, 3.8) is 0 Å². The van der Waals surface area contributed by atoms with E-state index in [1.807, 2.05) is 0 Å². The summed E-state index contributed by atoms with van der Waals surface area (Å²) in [7, 11) is 1.43. The lowest BCUT2D eigenvalue weighted by Crippen LogP contribution is -2.42. The van der Waals surface area contributed by atoms with E-state index in [2.05, 4.69) is 17.6 Å². The van der Waals surface area contributed by atoms with Crippen molar-refractivity contribution in [3.8, 4) is 5.75 Å². The van der Waals surface area contributed by atoms with Gasteiger partial charge in [-0.2, -0.15) is 0 Å². The first-order valence-electron chi connectivity index (χ1n) is 6.96. The van der Waals surface area contributed by atoms with Gasteiger partial charge < -0.3 is 15.4 Å². The van der Waals surface area contributed by atoms with Crippen molar-refractivity contribution in [1.82, 2.24) is 10.6 Å². The van der Waals surface area contributed by atoms with Gasteiger partial charge in [0.25, 0.3) is 5.91 Å². The second kappa shape index (κ2) is 6.70. The van der Waals surface area contributed by atoms with Crippen molar-refractivity contribution in [2.45, 2.75) is 25.8 Å². The van der Waals surface area contributed by atoms with E-state index in [0.29, 0.717) is 18.5 Å². The van der Waals surface area contributed by atoms with Crippen molar-refractivity contribution in [3.05, 3.63) is 29.6 Å². The third-order valence-electron chi connectivity index (χ3n) is 3.74. The molecular weight excluding hydrogens is 259 g/mol. The van der Waals surface area contributed by atoms with Crippen LogP contribution in [-0.2, 0) is 0 Å². The molecule has 1 amide bonds. The molecule has 2 atom stereocenters. The molecule has 1 heterocycles. The fraction of sp³-hybridized carbons (Fsp3) is 0.533. The number of carbonyl (C=O) groups is 1. The Morgan fingerprint density at radius 2 is 2.30 bits per heavy atom. The topological polar surface area (TPSA) is 50.4 Å². The van der Waals surface area contributed by atoms with E-state index in [9.17, 15) is 9.18 Å². The minimum atomic E-state index is -0.558. The molecule has 2 N–H and O–H groups in total. The van der Waals surface area contributed by atoms with Gasteiger partial charge in [-0.1, -0.05) is 6.07 Å². The number of nitrogens with one attached hydrogen (secondary N) is 2. The van der Waals surface area contributed by atoms with Gasteiger partial charge in [0, 0.05) is 12.6 Å².